The summed E-state index contributed by atoms with van der Waals surface area (Å²) in [5.74, 6) is 0.164. The van der Waals surface area contributed by atoms with E-state index in [4.69, 9.17) is 0 Å². The molecule has 1 saturated heterocycles. The number of likely N-dealkylation sites (tertiary alicyclic amines) is 1. The van der Waals surface area contributed by atoms with E-state index in [1.807, 2.05) is 24.2 Å². The third kappa shape index (κ3) is 3.20. The Morgan fingerprint density at radius 3 is 3.05 bits per heavy atom. The van der Waals surface area contributed by atoms with Crippen molar-refractivity contribution in [1.82, 2.24) is 14.8 Å². The SMILES string of the molecule is CCCn1cc(Br)cc1C(=O)N1CCCC1CNC. The van der Waals surface area contributed by atoms with Crippen molar-refractivity contribution in [3.63, 3.8) is 0 Å². The summed E-state index contributed by atoms with van der Waals surface area (Å²) in [6, 6.07) is 2.27. The van der Waals surface area contributed by atoms with E-state index >= 15 is 0 Å². The topological polar surface area (TPSA) is 37.3 Å². The van der Waals surface area contributed by atoms with Gasteiger partial charge in [0.2, 0.25) is 0 Å². The average Bonchev–Trinajstić information content (AvgIpc) is 2.96. The zero-order valence-corrected chi connectivity index (χ0v) is 13.2. The van der Waals surface area contributed by atoms with Crippen molar-refractivity contribution in [2.45, 2.75) is 38.8 Å². The van der Waals surface area contributed by atoms with Gasteiger partial charge in [0.05, 0.1) is 0 Å². The van der Waals surface area contributed by atoms with Crippen molar-refractivity contribution in [2.75, 3.05) is 20.1 Å². The fourth-order valence-electron chi connectivity index (χ4n) is 2.78. The van der Waals surface area contributed by atoms with Crippen LogP contribution >= 0.6 is 15.9 Å². The highest BCUT2D eigenvalue weighted by Crippen LogP contribution is 2.22. The molecule has 0 bridgehead atoms. The molecule has 0 aliphatic carbocycles. The molecule has 1 N–H and O–H groups in total. The third-order valence-electron chi connectivity index (χ3n) is 3.62. The lowest BCUT2D eigenvalue weighted by Gasteiger charge is -2.25. The first-order valence-corrected chi connectivity index (χ1v) is 7.78. The van der Waals surface area contributed by atoms with Gasteiger partial charge in [-0.05, 0) is 48.3 Å². The summed E-state index contributed by atoms with van der Waals surface area (Å²) in [7, 11) is 1.94. The number of hydrogen-bond acceptors (Lipinski definition) is 2. The second-order valence-corrected chi connectivity index (χ2v) is 6.00. The van der Waals surface area contributed by atoms with Gasteiger partial charge in [0.25, 0.3) is 5.91 Å². The summed E-state index contributed by atoms with van der Waals surface area (Å²) < 4.78 is 3.04. The first kappa shape index (κ1) is 14.6. The molecule has 0 radical (unpaired) electrons. The summed E-state index contributed by atoms with van der Waals surface area (Å²) in [5, 5.41) is 3.18. The lowest BCUT2D eigenvalue weighted by Crippen LogP contribution is -2.41. The number of amides is 1. The van der Waals surface area contributed by atoms with Crippen molar-refractivity contribution >= 4 is 21.8 Å². The highest BCUT2D eigenvalue weighted by Gasteiger charge is 2.30. The van der Waals surface area contributed by atoms with Gasteiger partial charge in [-0.3, -0.25) is 4.79 Å². The van der Waals surface area contributed by atoms with E-state index in [0.717, 1.165) is 49.1 Å². The van der Waals surface area contributed by atoms with Gasteiger partial charge in [-0.2, -0.15) is 0 Å². The van der Waals surface area contributed by atoms with Crippen LogP contribution in [0, 0.1) is 0 Å². The lowest BCUT2D eigenvalue weighted by molar-refractivity contribution is 0.0726. The minimum Gasteiger partial charge on any atom is -0.342 e. The van der Waals surface area contributed by atoms with Gasteiger partial charge in [0.1, 0.15) is 5.69 Å². The summed E-state index contributed by atoms with van der Waals surface area (Å²) in [5.41, 5.74) is 0.803. The number of carbonyl (C=O) groups is 1. The maximum absolute atomic E-state index is 12.7. The Morgan fingerprint density at radius 2 is 2.37 bits per heavy atom. The van der Waals surface area contributed by atoms with Crippen LogP contribution in [0.4, 0.5) is 0 Å². The fourth-order valence-corrected chi connectivity index (χ4v) is 3.24. The Labute approximate surface area is 123 Å². The first-order valence-electron chi connectivity index (χ1n) is 6.98. The molecule has 0 spiro atoms. The highest BCUT2D eigenvalue weighted by molar-refractivity contribution is 9.10. The monoisotopic (exact) mass is 327 g/mol. The molecular weight excluding hydrogens is 306 g/mol. The second kappa shape index (κ2) is 6.57. The third-order valence-corrected chi connectivity index (χ3v) is 4.06. The second-order valence-electron chi connectivity index (χ2n) is 5.09. The molecule has 106 valence electrons. The Bertz CT molecular complexity index is 444. The number of rotatable bonds is 5. The number of aromatic nitrogens is 1. The van der Waals surface area contributed by atoms with Crippen molar-refractivity contribution in [2.24, 2.45) is 0 Å². The minimum atomic E-state index is 0.164. The number of carbonyl (C=O) groups excluding carboxylic acids is 1. The summed E-state index contributed by atoms with van der Waals surface area (Å²) in [6.45, 7) is 4.76. The van der Waals surface area contributed by atoms with E-state index in [0.29, 0.717) is 6.04 Å². The van der Waals surface area contributed by atoms with Crippen LogP contribution < -0.4 is 5.32 Å². The number of hydrogen-bond donors (Lipinski definition) is 1. The number of aryl methyl sites for hydroxylation is 1. The smallest absolute Gasteiger partial charge is 0.270 e. The van der Waals surface area contributed by atoms with E-state index in [1.54, 1.807) is 0 Å². The average molecular weight is 328 g/mol. The van der Waals surface area contributed by atoms with E-state index in [1.165, 1.54) is 0 Å². The molecule has 1 fully saturated rings. The standard InChI is InChI=1S/C14H22BrN3O/c1-3-6-17-10-11(15)8-13(17)14(19)18-7-4-5-12(18)9-16-2/h8,10,12,16H,3-7,9H2,1-2H3. The zero-order valence-electron chi connectivity index (χ0n) is 11.7. The molecule has 0 saturated carbocycles. The Kier molecular flexibility index (Phi) is 5.05. The van der Waals surface area contributed by atoms with Gasteiger partial charge < -0.3 is 14.8 Å². The minimum absolute atomic E-state index is 0.164. The van der Waals surface area contributed by atoms with E-state index in [-0.39, 0.29) is 5.91 Å². The predicted octanol–water partition coefficient (Wildman–Crippen LogP) is 2.48. The van der Waals surface area contributed by atoms with Gasteiger partial charge in [0, 0.05) is 36.3 Å². The number of likely N-dealkylation sites (N-methyl/N-ethyl adjacent to an activating group) is 1. The molecule has 0 aromatic carbocycles. The van der Waals surface area contributed by atoms with Gasteiger partial charge >= 0.3 is 0 Å². The van der Waals surface area contributed by atoms with Crippen molar-refractivity contribution in [3.05, 3.63) is 22.4 Å². The van der Waals surface area contributed by atoms with Crippen molar-refractivity contribution in [1.29, 1.82) is 0 Å². The molecule has 1 amide bonds. The normalized spacial score (nSPS) is 19.1. The van der Waals surface area contributed by atoms with Crippen LogP contribution in [0.3, 0.4) is 0 Å². The number of nitrogens with zero attached hydrogens (tertiary/aromatic N) is 2. The Balaban J connectivity index is 2.18. The van der Waals surface area contributed by atoms with Gasteiger partial charge in [0.15, 0.2) is 0 Å². The van der Waals surface area contributed by atoms with Crippen LogP contribution in [-0.2, 0) is 6.54 Å². The van der Waals surface area contributed by atoms with Gasteiger partial charge in [-0.1, -0.05) is 6.92 Å². The molecule has 1 aromatic rings. The fraction of sp³-hybridized carbons (Fsp3) is 0.643. The van der Waals surface area contributed by atoms with Crippen LogP contribution in [0.2, 0.25) is 0 Å². The molecule has 1 unspecified atom stereocenters. The van der Waals surface area contributed by atoms with Gasteiger partial charge in [-0.25, -0.2) is 0 Å². The maximum atomic E-state index is 12.7. The number of halogens is 1. The molecule has 1 aromatic heterocycles. The predicted molar refractivity (Wildman–Crippen MR) is 80.4 cm³/mol. The maximum Gasteiger partial charge on any atom is 0.270 e. The molecule has 19 heavy (non-hydrogen) atoms. The van der Waals surface area contributed by atoms with E-state index < -0.39 is 0 Å². The lowest BCUT2D eigenvalue weighted by atomic mass is 10.2. The molecule has 1 aliphatic heterocycles. The summed E-state index contributed by atoms with van der Waals surface area (Å²) >= 11 is 3.47. The first-order chi connectivity index (χ1) is 9.17. The molecule has 4 nitrogen and oxygen atoms in total. The molecular formula is C14H22BrN3O. The van der Waals surface area contributed by atoms with Crippen molar-refractivity contribution in [3.8, 4) is 0 Å². The van der Waals surface area contributed by atoms with Crippen LogP contribution in [-0.4, -0.2) is 41.6 Å². The Hall–Kier alpha value is -0.810. The van der Waals surface area contributed by atoms with Crippen LogP contribution in [0.1, 0.15) is 36.7 Å². The molecule has 1 aliphatic rings. The van der Waals surface area contributed by atoms with E-state index in [2.05, 4.69) is 32.7 Å². The van der Waals surface area contributed by atoms with E-state index in [9.17, 15) is 4.79 Å². The number of nitrogens with one attached hydrogen (secondary N) is 1. The molecule has 2 heterocycles. The zero-order chi connectivity index (χ0) is 13.8. The van der Waals surface area contributed by atoms with Crippen LogP contribution in [0.5, 0.6) is 0 Å². The molecule has 1 atom stereocenters. The molecule has 5 heteroatoms. The highest BCUT2D eigenvalue weighted by atomic mass is 79.9. The quantitative estimate of drug-likeness (QED) is 0.902. The van der Waals surface area contributed by atoms with Crippen molar-refractivity contribution < 1.29 is 4.79 Å². The Morgan fingerprint density at radius 1 is 1.58 bits per heavy atom. The van der Waals surface area contributed by atoms with Crippen LogP contribution in [0.25, 0.3) is 0 Å². The van der Waals surface area contributed by atoms with Crippen LogP contribution in [0.15, 0.2) is 16.7 Å². The van der Waals surface area contributed by atoms with Gasteiger partial charge in [-0.15, -0.1) is 0 Å². The summed E-state index contributed by atoms with van der Waals surface area (Å²) in [4.78, 5) is 14.7. The molecule has 2 rings (SSSR count). The summed E-state index contributed by atoms with van der Waals surface area (Å²) in [6.07, 6.45) is 5.23. The largest absolute Gasteiger partial charge is 0.342 e.